The molecule has 4 nitrogen and oxygen atoms in total. The summed E-state index contributed by atoms with van der Waals surface area (Å²) in [4.78, 5) is 2.31. The molecule has 0 spiro atoms. The standard InChI is InChI=1S/C10H21N3O/c1-4-9(10(11)12-14)13-5-7(2)8(3)6-13/h7-9,14H,4-6H2,1-3H3,(H2,11,12). The molecule has 3 unspecified atom stereocenters. The number of likely N-dealkylation sites (tertiary alicyclic amines) is 1. The van der Waals surface area contributed by atoms with Crippen molar-refractivity contribution in [2.45, 2.75) is 33.2 Å². The largest absolute Gasteiger partial charge is 0.409 e. The monoisotopic (exact) mass is 199 g/mol. The van der Waals surface area contributed by atoms with Crippen LogP contribution in [0.3, 0.4) is 0 Å². The van der Waals surface area contributed by atoms with E-state index in [2.05, 4.69) is 30.8 Å². The van der Waals surface area contributed by atoms with Crippen LogP contribution in [-0.2, 0) is 0 Å². The first-order chi connectivity index (χ1) is 6.60. The quantitative estimate of drug-likeness (QED) is 0.310. The third-order valence-corrected chi connectivity index (χ3v) is 3.30. The molecule has 4 heteroatoms. The molecule has 1 heterocycles. The lowest BCUT2D eigenvalue weighted by atomic mass is 10.0. The second-order valence-electron chi connectivity index (χ2n) is 4.36. The Morgan fingerprint density at radius 1 is 1.50 bits per heavy atom. The molecule has 82 valence electrons. The van der Waals surface area contributed by atoms with Crippen LogP contribution in [0.5, 0.6) is 0 Å². The van der Waals surface area contributed by atoms with Gasteiger partial charge in [-0.3, -0.25) is 4.90 Å². The molecule has 3 atom stereocenters. The van der Waals surface area contributed by atoms with Crippen molar-refractivity contribution < 1.29 is 5.21 Å². The second kappa shape index (κ2) is 4.64. The highest BCUT2D eigenvalue weighted by molar-refractivity contribution is 5.85. The third-order valence-electron chi connectivity index (χ3n) is 3.30. The highest BCUT2D eigenvalue weighted by Crippen LogP contribution is 2.24. The molecular formula is C10H21N3O. The molecule has 0 radical (unpaired) electrons. The summed E-state index contributed by atoms with van der Waals surface area (Å²) in [5.74, 6) is 1.75. The summed E-state index contributed by atoms with van der Waals surface area (Å²) >= 11 is 0. The first-order valence-electron chi connectivity index (χ1n) is 5.31. The van der Waals surface area contributed by atoms with Crippen LogP contribution in [0, 0.1) is 11.8 Å². The molecule has 1 rings (SSSR count). The van der Waals surface area contributed by atoms with E-state index in [1.165, 1.54) is 0 Å². The van der Waals surface area contributed by atoms with E-state index < -0.39 is 0 Å². The van der Waals surface area contributed by atoms with Crippen molar-refractivity contribution in [3.63, 3.8) is 0 Å². The number of amidine groups is 1. The first kappa shape index (κ1) is 11.3. The van der Waals surface area contributed by atoms with Gasteiger partial charge in [-0.15, -0.1) is 0 Å². The fourth-order valence-electron chi connectivity index (χ4n) is 2.15. The van der Waals surface area contributed by atoms with Crippen LogP contribution in [0.15, 0.2) is 5.16 Å². The minimum atomic E-state index is 0.104. The zero-order valence-electron chi connectivity index (χ0n) is 9.27. The molecule has 1 saturated heterocycles. The van der Waals surface area contributed by atoms with E-state index in [1.807, 2.05) is 0 Å². The fourth-order valence-corrected chi connectivity index (χ4v) is 2.15. The van der Waals surface area contributed by atoms with E-state index in [1.54, 1.807) is 0 Å². The summed E-state index contributed by atoms with van der Waals surface area (Å²) in [6, 6.07) is 0.104. The van der Waals surface area contributed by atoms with Crippen molar-refractivity contribution in [1.82, 2.24) is 4.90 Å². The second-order valence-corrected chi connectivity index (χ2v) is 4.36. The van der Waals surface area contributed by atoms with Gasteiger partial charge >= 0.3 is 0 Å². The zero-order valence-corrected chi connectivity index (χ0v) is 9.27. The van der Waals surface area contributed by atoms with Gasteiger partial charge in [0.05, 0.1) is 6.04 Å². The van der Waals surface area contributed by atoms with Crippen molar-refractivity contribution in [3.8, 4) is 0 Å². The smallest absolute Gasteiger partial charge is 0.156 e. The van der Waals surface area contributed by atoms with Crippen LogP contribution in [0.4, 0.5) is 0 Å². The Morgan fingerprint density at radius 2 is 2.00 bits per heavy atom. The predicted octanol–water partition coefficient (Wildman–Crippen LogP) is 1.10. The van der Waals surface area contributed by atoms with Gasteiger partial charge in [-0.25, -0.2) is 0 Å². The molecule has 0 aromatic carbocycles. The Kier molecular flexibility index (Phi) is 3.75. The highest BCUT2D eigenvalue weighted by atomic mass is 16.4. The maximum atomic E-state index is 8.66. The Morgan fingerprint density at radius 3 is 2.36 bits per heavy atom. The van der Waals surface area contributed by atoms with Crippen molar-refractivity contribution in [1.29, 1.82) is 0 Å². The molecule has 0 amide bonds. The van der Waals surface area contributed by atoms with E-state index in [4.69, 9.17) is 10.9 Å². The molecular weight excluding hydrogens is 178 g/mol. The van der Waals surface area contributed by atoms with E-state index in [9.17, 15) is 0 Å². The fraction of sp³-hybridized carbons (Fsp3) is 0.900. The zero-order chi connectivity index (χ0) is 10.7. The van der Waals surface area contributed by atoms with Gasteiger partial charge in [0, 0.05) is 13.1 Å². The van der Waals surface area contributed by atoms with Crippen LogP contribution in [0.2, 0.25) is 0 Å². The maximum Gasteiger partial charge on any atom is 0.156 e. The molecule has 1 aliphatic heterocycles. The minimum absolute atomic E-state index is 0.104. The van der Waals surface area contributed by atoms with E-state index >= 15 is 0 Å². The average molecular weight is 199 g/mol. The lowest BCUT2D eigenvalue weighted by Crippen LogP contribution is -2.43. The normalized spacial score (nSPS) is 32.1. The summed E-state index contributed by atoms with van der Waals surface area (Å²) in [6.45, 7) is 8.68. The van der Waals surface area contributed by atoms with Gasteiger partial charge < -0.3 is 10.9 Å². The number of hydrogen-bond acceptors (Lipinski definition) is 3. The van der Waals surface area contributed by atoms with Crippen molar-refractivity contribution in [2.75, 3.05) is 13.1 Å². The third kappa shape index (κ3) is 2.18. The van der Waals surface area contributed by atoms with Crippen molar-refractivity contribution >= 4 is 5.84 Å². The van der Waals surface area contributed by atoms with Crippen LogP contribution in [0.25, 0.3) is 0 Å². The molecule has 0 aromatic heterocycles. The molecule has 0 aliphatic carbocycles. The Hall–Kier alpha value is -0.770. The van der Waals surface area contributed by atoms with Gasteiger partial charge in [-0.05, 0) is 18.3 Å². The van der Waals surface area contributed by atoms with Gasteiger partial charge in [0.1, 0.15) is 0 Å². The summed E-state index contributed by atoms with van der Waals surface area (Å²) in [7, 11) is 0. The SMILES string of the molecule is CCC(C(N)=NO)N1CC(C)C(C)C1. The maximum absolute atomic E-state index is 8.66. The number of nitrogens with two attached hydrogens (primary N) is 1. The number of hydrogen-bond donors (Lipinski definition) is 2. The number of nitrogens with zero attached hydrogens (tertiary/aromatic N) is 2. The molecule has 1 fully saturated rings. The van der Waals surface area contributed by atoms with E-state index in [-0.39, 0.29) is 6.04 Å². The van der Waals surface area contributed by atoms with E-state index in [0.717, 1.165) is 19.5 Å². The Bertz CT molecular complexity index is 207. The Labute approximate surface area is 85.8 Å². The van der Waals surface area contributed by atoms with Crippen LogP contribution >= 0.6 is 0 Å². The highest BCUT2D eigenvalue weighted by Gasteiger charge is 2.31. The van der Waals surface area contributed by atoms with E-state index in [0.29, 0.717) is 17.7 Å². The molecule has 0 bridgehead atoms. The van der Waals surface area contributed by atoms with Crippen molar-refractivity contribution in [2.24, 2.45) is 22.7 Å². The average Bonchev–Trinajstić information content (AvgIpc) is 2.48. The van der Waals surface area contributed by atoms with Crippen molar-refractivity contribution in [3.05, 3.63) is 0 Å². The van der Waals surface area contributed by atoms with Gasteiger partial charge in [-0.2, -0.15) is 0 Å². The lowest BCUT2D eigenvalue weighted by Gasteiger charge is -2.25. The lowest BCUT2D eigenvalue weighted by molar-refractivity contribution is 0.263. The molecule has 0 saturated carbocycles. The number of rotatable bonds is 3. The van der Waals surface area contributed by atoms with Gasteiger partial charge in [0.2, 0.25) is 0 Å². The minimum Gasteiger partial charge on any atom is -0.409 e. The van der Waals surface area contributed by atoms with Gasteiger partial charge in [0.15, 0.2) is 5.84 Å². The topological polar surface area (TPSA) is 61.9 Å². The summed E-state index contributed by atoms with van der Waals surface area (Å²) in [5.41, 5.74) is 5.66. The predicted molar refractivity (Wildman–Crippen MR) is 57.4 cm³/mol. The van der Waals surface area contributed by atoms with Gasteiger partial charge in [0.25, 0.3) is 0 Å². The summed E-state index contributed by atoms with van der Waals surface area (Å²) in [5, 5.41) is 11.8. The first-order valence-corrected chi connectivity index (χ1v) is 5.31. The Balaban J connectivity index is 2.63. The molecule has 14 heavy (non-hydrogen) atoms. The molecule has 1 aliphatic rings. The summed E-state index contributed by atoms with van der Waals surface area (Å²) in [6.07, 6.45) is 0.898. The molecule has 0 aromatic rings. The molecule has 3 N–H and O–H groups in total. The van der Waals surface area contributed by atoms with Gasteiger partial charge in [-0.1, -0.05) is 25.9 Å². The van der Waals surface area contributed by atoms with Crippen LogP contribution in [0.1, 0.15) is 27.2 Å². The van der Waals surface area contributed by atoms with Crippen LogP contribution in [-0.4, -0.2) is 35.1 Å². The summed E-state index contributed by atoms with van der Waals surface area (Å²) < 4.78 is 0. The van der Waals surface area contributed by atoms with Crippen LogP contribution < -0.4 is 5.73 Å². The number of oxime groups is 1.